The molecule has 4 nitrogen and oxygen atoms in total. The molecule has 0 aliphatic heterocycles. The van der Waals surface area contributed by atoms with Gasteiger partial charge < -0.3 is 19.6 Å². The van der Waals surface area contributed by atoms with Crippen LogP contribution >= 0.6 is 0 Å². The highest BCUT2D eigenvalue weighted by molar-refractivity contribution is 6.30. The van der Waals surface area contributed by atoms with Gasteiger partial charge in [-0.1, -0.05) is 303 Å². The van der Waals surface area contributed by atoms with Crippen molar-refractivity contribution in [1.82, 2.24) is 0 Å². The molecule has 0 unspecified atom stereocenters. The number of hydrogen-bond acceptors (Lipinski definition) is 4. The summed E-state index contributed by atoms with van der Waals surface area (Å²) in [4.78, 5) is 7.42. The molecule has 0 N–H and O–H groups in total. The van der Waals surface area contributed by atoms with Gasteiger partial charge in [0.2, 0.25) is 0 Å². The average Bonchev–Trinajstić information content (AvgIpc) is 0.717. The average molecular weight is 1720 g/mol. The zero-order valence-electron chi connectivity index (χ0n) is 70.4. The van der Waals surface area contributed by atoms with E-state index in [-0.39, 0.29) is 45.0 Å². The highest BCUT2D eigenvalue weighted by Gasteiger charge is 2.31. The molecule has 628 valence electrons. The van der Waals surface area contributed by atoms with Gasteiger partial charge in [-0.15, -0.1) is 0 Å². The van der Waals surface area contributed by atoms with Crippen molar-refractivity contribution in [2.75, 3.05) is 19.6 Å². The van der Waals surface area contributed by atoms with E-state index in [1.807, 2.05) is 408 Å². The third kappa shape index (κ3) is 13.8. The van der Waals surface area contributed by atoms with E-state index in [2.05, 4.69) is 0 Å². The molecule has 0 aliphatic carbocycles. The van der Waals surface area contributed by atoms with Crippen molar-refractivity contribution >= 4 is 176 Å². The molecule has 0 fully saturated rings. The molecule has 24 rings (SSSR count). The van der Waals surface area contributed by atoms with Crippen molar-refractivity contribution in [1.29, 1.82) is 0 Å². The summed E-state index contributed by atoms with van der Waals surface area (Å²) in [7, 11) is 0. The summed E-state index contributed by atoms with van der Waals surface area (Å²) >= 11 is 0. The van der Waals surface area contributed by atoms with E-state index in [0.29, 0.717) is 67.8 Å². The first-order valence-electron chi connectivity index (χ1n) is 43.5. The van der Waals surface area contributed by atoms with Crippen LogP contribution in [-0.2, 0) is 0 Å². The van der Waals surface area contributed by atoms with Crippen molar-refractivity contribution in [3.63, 3.8) is 0 Å². The lowest BCUT2D eigenvalue weighted by Gasteiger charge is -2.30. The molecular weight excluding hydrogens is 1650 g/mol. The molecule has 0 amide bonds. The molecule has 12 heteroatoms. The van der Waals surface area contributed by atoms with E-state index in [1.165, 1.54) is 0 Å². The standard InChI is InChI=1S/2C60H36F4N2/c61-51-35-53(63)57(33-49(51)45-23-11-15-37-13-7-9-21-43(37)45)65(41-17-3-1-4-18-41)55-31-27-39-26-30-48-56(32-28-40-25-29-47(55)59(39)60(40)48)66(42-19-5-2-6-20-42)58-34-50(52(62)36-54(58)64)46-24-12-16-38-14-8-10-22-44(38)46;61-51-35-53(63)57(33-49(51)43-21-19-37-11-7-9-13-41(37)31-43)65(45-15-3-1-4-16-45)55-29-25-39-24-28-48-56(30-26-40-23-27-47(55)59(39)60(40)48)66(46-17-5-2-6-18-46)58-34-50(52(62)36-54(58)64)44-22-20-38-12-8-10-14-42(38)32-44/h2*1-36H. The van der Waals surface area contributed by atoms with E-state index in [1.54, 1.807) is 24.3 Å². The van der Waals surface area contributed by atoms with Gasteiger partial charge in [0.05, 0.1) is 45.5 Å². The number of fused-ring (bicyclic) bond motifs is 4. The smallest absolute Gasteiger partial charge is 0.150 e. The largest absolute Gasteiger partial charge is 0.307 e. The van der Waals surface area contributed by atoms with Gasteiger partial charge in [0.1, 0.15) is 46.5 Å². The van der Waals surface area contributed by atoms with Gasteiger partial charge in [0, 0.05) is 90.8 Å². The lowest BCUT2D eigenvalue weighted by Crippen LogP contribution is -2.14. The van der Waals surface area contributed by atoms with Crippen molar-refractivity contribution in [2.24, 2.45) is 0 Å². The van der Waals surface area contributed by atoms with Crippen LogP contribution in [0.25, 0.3) is 152 Å². The van der Waals surface area contributed by atoms with Gasteiger partial charge in [-0.25, -0.2) is 35.1 Å². The molecule has 0 saturated carbocycles. The van der Waals surface area contributed by atoms with Crippen LogP contribution in [0.2, 0.25) is 0 Å². The van der Waals surface area contributed by atoms with Crippen LogP contribution in [0.5, 0.6) is 0 Å². The van der Waals surface area contributed by atoms with Gasteiger partial charge >= 0.3 is 0 Å². The zero-order chi connectivity index (χ0) is 88.9. The second kappa shape index (κ2) is 32.7. The van der Waals surface area contributed by atoms with Crippen LogP contribution < -0.4 is 19.6 Å². The Hall–Kier alpha value is -17.0. The minimum Gasteiger partial charge on any atom is -0.307 e. The van der Waals surface area contributed by atoms with Crippen LogP contribution in [0.3, 0.4) is 0 Å². The second-order valence-electron chi connectivity index (χ2n) is 33.2. The number of benzene rings is 24. The van der Waals surface area contributed by atoms with Gasteiger partial charge in [0.15, 0.2) is 0 Å². The summed E-state index contributed by atoms with van der Waals surface area (Å²) in [5.74, 6) is -5.48. The first-order chi connectivity index (χ1) is 64.8. The Morgan fingerprint density at radius 2 is 0.364 bits per heavy atom. The van der Waals surface area contributed by atoms with E-state index in [9.17, 15) is 0 Å². The number of nitrogens with zero attached hydrogens (tertiary/aromatic N) is 4. The molecule has 0 saturated heterocycles. The maximum absolute atomic E-state index is 16.7. The maximum Gasteiger partial charge on any atom is 0.150 e. The van der Waals surface area contributed by atoms with Crippen molar-refractivity contribution in [3.05, 3.63) is 483 Å². The highest BCUT2D eigenvalue weighted by atomic mass is 19.2. The number of hydrogen-bond donors (Lipinski definition) is 0. The van der Waals surface area contributed by atoms with Crippen molar-refractivity contribution < 1.29 is 35.1 Å². The predicted octanol–water partition coefficient (Wildman–Crippen LogP) is 35.4. The molecule has 0 radical (unpaired) electrons. The van der Waals surface area contributed by atoms with Gasteiger partial charge in [-0.3, -0.25) is 0 Å². The second-order valence-corrected chi connectivity index (χ2v) is 33.2. The lowest BCUT2D eigenvalue weighted by molar-refractivity contribution is 0.586. The summed E-state index contributed by atoms with van der Waals surface area (Å²) in [6, 6.07) is 135. The van der Waals surface area contributed by atoms with E-state index < -0.39 is 46.5 Å². The molecular formula is C120H72F8N4. The Bertz CT molecular complexity index is 8160. The number of para-hydroxylation sites is 4. The van der Waals surface area contributed by atoms with Crippen molar-refractivity contribution in [3.8, 4) is 44.5 Å². The topological polar surface area (TPSA) is 13.0 Å². The summed E-state index contributed by atoms with van der Waals surface area (Å²) in [6.45, 7) is 0. The van der Waals surface area contributed by atoms with E-state index >= 15 is 35.1 Å². The van der Waals surface area contributed by atoms with Crippen LogP contribution in [0.4, 0.5) is 103 Å². The minimum atomic E-state index is -0.712. The Kier molecular flexibility index (Phi) is 19.7. The number of rotatable bonds is 16. The first kappa shape index (κ1) is 79.7. The van der Waals surface area contributed by atoms with Crippen LogP contribution in [-0.4, -0.2) is 0 Å². The highest BCUT2D eigenvalue weighted by Crippen LogP contribution is 2.54. The number of halogens is 8. The van der Waals surface area contributed by atoms with Gasteiger partial charge in [-0.2, -0.15) is 0 Å². The Morgan fingerprint density at radius 3 is 0.667 bits per heavy atom. The molecule has 24 aromatic rings. The maximum atomic E-state index is 16.7. The normalized spacial score (nSPS) is 11.6. The summed E-state index contributed by atoms with van der Waals surface area (Å²) in [6.07, 6.45) is 0. The molecule has 0 atom stereocenters. The Balaban J connectivity index is 0.000000150. The predicted molar refractivity (Wildman–Crippen MR) is 530 cm³/mol. The fourth-order valence-corrected chi connectivity index (χ4v) is 19.6. The monoisotopic (exact) mass is 1720 g/mol. The van der Waals surface area contributed by atoms with Gasteiger partial charge in [0.25, 0.3) is 0 Å². The molecule has 0 spiro atoms. The fraction of sp³-hybridized carbons (Fsp3) is 0. The third-order valence-electron chi connectivity index (χ3n) is 25.6. The van der Waals surface area contributed by atoms with Crippen LogP contribution in [0.15, 0.2) is 437 Å². The molecule has 132 heavy (non-hydrogen) atoms. The van der Waals surface area contributed by atoms with Crippen molar-refractivity contribution in [2.45, 2.75) is 0 Å². The third-order valence-corrected chi connectivity index (χ3v) is 25.6. The molecule has 0 heterocycles. The molecule has 24 aromatic carbocycles. The Labute approximate surface area is 753 Å². The molecule has 0 bridgehead atoms. The van der Waals surface area contributed by atoms with Crippen LogP contribution in [0.1, 0.15) is 0 Å². The molecule has 0 aromatic heterocycles. The molecule has 0 aliphatic rings. The van der Waals surface area contributed by atoms with E-state index in [4.69, 9.17) is 0 Å². The summed E-state index contributed by atoms with van der Waals surface area (Å²) in [5, 5.41) is 18.4. The summed E-state index contributed by atoms with van der Waals surface area (Å²) in [5.41, 5.74) is 9.94. The van der Waals surface area contributed by atoms with E-state index in [0.717, 1.165) is 132 Å². The van der Waals surface area contributed by atoms with Gasteiger partial charge in [-0.05, 0) is 218 Å². The summed E-state index contributed by atoms with van der Waals surface area (Å²) < 4.78 is 131. The quantitative estimate of drug-likeness (QED) is 0.0706. The minimum absolute atomic E-state index is 0.185. The lowest BCUT2D eigenvalue weighted by atomic mass is 9.91. The zero-order valence-corrected chi connectivity index (χ0v) is 70.4. The first-order valence-corrected chi connectivity index (χ1v) is 43.5. The SMILES string of the molecule is Fc1cc(F)c(N(c2ccccc2)c2ccc3ccc4c(N(c5ccccc5)c5cc(-c6ccc7ccccc7c6)c(F)cc5F)ccc5ccc2c3c54)cc1-c1ccc2ccccc2c1.Fc1cc(F)c(N(c2ccccc2)c2ccc3ccc4c(N(c5ccccc5)c5cc(-c6cccc7ccccc67)c(F)cc5F)ccc5ccc2c3c54)cc1-c1cccc2ccccc12. The number of anilines is 12. The Morgan fingerprint density at radius 1 is 0.129 bits per heavy atom. The fourth-order valence-electron chi connectivity index (χ4n) is 19.6. The van der Waals surface area contributed by atoms with Crippen LogP contribution in [0, 0.1) is 46.5 Å².